The summed E-state index contributed by atoms with van der Waals surface area (Å²) in [7, 11) is -3.59. The van der Waals surface area contributed by atoms with Crippen LogP contribution in [0.1, 0.15) is 27.7 Å². The van der Waals surface area contributed by atoms with Crippen LogP contribution in [-0.2, 0) is 21.4 Å². The van der Waals surface area contributed by atoms with Crippen LogP contribution >= 0.6 is 11.8 Å². The smallest absolute Gasteiger partial charge is 0.318 e. The minimum Gasteiger partial charge on any atom is -0.351 e. The Morgan fingerprint density at radius 1 is 1.29 bits per heavy atom. The topological polar surface area (TPSA) is 127 Å². The van der Waals surface area contributed by atoms with E-state index in [4.69, 9.17) is 5.73 Å². The summed E-state index contributed by atoms with van der Waals surface area (Å²) >= 11 is 1.17. The van der Waals surface area contributed by atoms with Crippen molar-refractivity contribution in [2.24, 2.45) is 5.73 Å². The standard InChI is InChI=1S/C17H25N5O4S2/c1-5-21(6-2)28(25,26)12-8-9-14-13(10-12)19-17(22(14)7-3)27-11(4)15(23)20-16(18)24/h8-11H,5-7H2,1-4H3,(H3,18,20,23,24)/t11-/m1/s1. The summed E-state index contributed by atoms with van der Waals surface area (Å²) < 4.78 is 28.8. The minimum atomic E-state index is -3.59. The molecule has 0 fully saturated rings. The van der Waals surface area contributed by atoms with Gasteiger partial charge in [-0.1, -0.05) is 25.6 Å². The number of urea groups is 1. The lowest BCUT2D eigenvalue weighted by Crippen LogP contribution is -2.39. The van der Waals surface area contributed by atoms with E-state index in [1.807, 2.05) is 16.8 Å². The molecule has 2 rings (SSSR count). The van der Waals surface area contributed by atoms with Crippen molar-refractivity contribution < 1.29 is 18.0 Å². The molecule has 0 saturated carbocycles. The summed E-state index contributed by atoms with van der Waals surface area (Å²) in [6.45, 7) is 8.50. The molecule has 28 heavy (non-hydrogen) atoms. The highest BCUT2D eigenvalue weighted by molar-refractivity contribution is 8.00. The first-order valence-corrected chi connectivity index (χ1v) is 11.2. The van der Waals surface area contributed by atoms with Crippen LogP contribution in [0.2, 0.25) is 0 Å². The molecular formula is C17H25N5O4S2. The van der Waals surface area contributed by atoms with Gasteiger partial charge in [0, 0.05) is 19.6 Å². The number of aromatic nitrogens is 2. The Hall–Kier alpha value is -2.11. The van der Waals surface area contributed by atoms with Crippen LogP contribution < -0.4 is 11.1 Å². The number of nitrogens with two attached hydrogens (primary N) is 1. The lowest BCUT2D eigenvalue weighted by atomic mass is 10.3. The van der Waals surface area contributed by atoms with Gasteiger partial charge < -0.3 is 10.3 Å². The molecule has 11 heteroatoms. The predicted octanol–water partition coefficient (Wildman–Crippen LogP) is 1.76. The van der Waals surface area contributed by atoms with Gasteiger partial charge in [0.1, 0.15) is 0 Å². The zero-order chi connectivity index (χ0) is 21.1. The van der Waals surface area contributed by atoms with Gasteiger partial charge in [0.15, 0.2) is 5.16 Å². The molecule has 154 valence electrons. The number of carbonyl (C=O) groups is 2. The number of rotatable bonds is 8. The van der Waals surface area contributed by atoms with Crippen molar-refractivity contribution in [1.29, 1.82) is 0 Å². The largest absolute Gasteiger partial charge is 0.351 e. The number of thioether (sulfide) groups is 1. The first-order chi connectivity index (χ1) is 13.1. The van der Waals surface area contributed by atoms with E-state index in [1.165, 1.54) is 16.1 Å². The summed E-state index contributed by atoms with van der Waals surface area (Å²) in [4.78, 5) is 27.5. The molecule has 1 aromatic heterocycles. The number of hydrogen-bond donors (Lipinski definition) is 2. The molecule has 1 heterocycles. The molecule has 1 aromatic carbocycles. The Bertz CT molecular complexity index is 983. The average molecular weight is 428 g/mol. The molecule has 1 atom stereocenters. The first-order valence-electron chi connectivity index (χ1n) is 8.93. The predicted molar refractivity (Wildman–Crippen MR) is 109 cm³/mol. The zero-order valence-electron chi connectivity index (χ0n) is 16.3. The highest BCUT2D eigenvalue weighted by Crippen LogP contribution is 2.29. The van der Waals surface area contributed by atoms with Crippen LogP contribution in [-0.4, -0.2) is 52.6 Å². The number of carbonyl (C=O) groups excluding carboxylic acids is 2. The van der Waals surface area contributed by atoms with Crippen molar-refractivity contribution in [3.63, 3.8) is 0 Å². The number of benzene rings is 1. The third-order valence-electron chi connectivity index (χ3n) is 4.24. The second-order valence-electron chi connectivity index (χ2n) is 5.99. The van der Waals surface area contributed by atoms with Gasteiger partial charge in [-0.15, -0.1) is 0 Å². The van der Waals surface area contributed by atoms with E-state index in [-0.39, 0.29) is 4.90 Å². The van der Waals surface area contributed by atoms with Crippen LogP contribution in [0.15, 0.2) is 28.3 Å². The summed E-state index contributed by atoms with van der Waals surface area (Å²) in [5, 5.41) is 2.00. The number of fused-ring (bicyclic) bond motifs is 1. The molecule has 9 nitrogen and oxygen atoms in total. The van der Waals surface area contributed by atoms with Gasteiger partial charge in [-0.25, -0.2) is 18.2 Å². The maximum Gasteiger partial charge on any atom is 0.318 e. The van der Waals surface area contributed by atoms with Gasteiger partial charge in [0.05, 0.1) is 21.2 Å². The fourth-order valence-electron chi connectivity index (χ4n) is 2.79. The van der Waals surface area contributed by atoms with Crippen molar-refractivity contribution in [2.75, 3.05) is 13.1 Å². The van der Waals surface area contributed by atoms with Crippen molar-refractivity contribution >= 4 is 44.8 Å². The van der Waals surface area contributed by atoms with Crippen LogP contribution in [0.25, 0.3) is 11.0 Å². The molecular weight excluding hydrogens is 402 g/mol. The number of amides is 3. The Morgan fingerprint density at radius 3 is 2.46 bits per heavy atom. The number of hydrogen-bond acceptors (Lipinski definition) is 6. The van der Waals surface area contributed by atoms with Gasteiger partial charge in [-0.05, 0) is 32.0 Å². The third-order valence-corrected chi connectivity index (χ3v) is 7.38. The molecule has 0 saturated heterocycles. The van der Waals surface area contributed by atoms with Gasteiger partial charge in [-0.3, -0.25) is 10.1 Å². The van der Waals surface area contributed by atoms with E-state index < -0.39 is 27.2 Å². The third kappa shape index (κ3) is 4.47. The number of nitrogens with one attached hydrogen (secondary N) is 1. The summed E-state index contributed by atoms with van der Waals surface area (Å²) in [5.74, 6) is -0.517. The summed E-state index contributed by atoms with van der Waals surface area (Å²) in [5.41, 5.74) is 6.28. The lowest BCUT2D eigenvalue weighted by Gasteiger charge is -2.18. The molecule has 0 bridgehead atoms. The lowest BCUT2D eigenvalue weighted by molar-refractivity contribution is -0.119. The number of imide groups is 1. The van der Waals surface area contributed by atoms with E-state index in [0.29, 0.717) is 30.3 Å². The Morgan fingerprint density at radius 2 is 1.93 bits per heavy atom. The number of primary amides is 1. The van der Waals surface area contributed by atoms with Gasteiger partial charge >= 0.3 is 6.03 Å². The molecule has 0 spiro atoms. The van der Waals surface area contributed by atoms with Gasteiger partial charge in [0.2, 0.25) is 15.9 Å². The summed E-state index contributed by atoms with van der Waals surface area (Å²) in [6, 6.07) is 3.93. The molecule has 0 aliphatic heterocycles. The van der Waals surface area contributed by atoms with E-state index in [2.05, 4.69) is 4.98 Å². The first kappa shape index (κ1) is 22.2. The maximum absolute atomic E-state index is 12.8. The molecule has 2 aromatic rings. The number of aryl methyl sites for hydroxylation is 1. The monoisotopic (exact) mass is 427 g/mol. The van der Waals surface area contributed by atoms with Gasteiger partial charge in [-0.2, -0.15) is 4.31 Å². The van der Waals surface area contributed by atoms with E-state index in [9.17, 15) is 18.0 Å². The quantitative estimate of drug-likeness (QED) is 0.618. The fourth-order valence-corrected chi connectivity index (χ4v) is 5.26. The normalized spacial score (nSPS) is 13.0. The van der Waals surface area contributed by atoms with Crippen LogP contribution in [0.3, 0.4) is 0 Å². The highest BCUT2D eigenvalue weighted by atomic mass is 32.2. The van der Waals surface area contributed by atoms with Crippen LogP contribution in [0.4, 0.5) is 4.79 Å². The number of nitrogens with zero attached hydrogens (tertiary/aromatic N) is 3. The molecule has 0 aliphatic carbocycles. The number of imidazole rings is 1. The second kappa shape index (κ2) is 8.93. The van der Waals surface area contributed by atoms with Crippen LogP contribution in [0.5, 0.6) is 0 Å². The zero-order valence-corrected chi connectivity index (χ0v) is 17.9. The Balaban J connectivity index is 2.43. The second-order valence-corrected chi connectivity index (χ2v) is 9.24. The van der Waals surface area contributed by atoms with Crippen molar-refractivity contribution in [3.8, 4) is 0 Å². The summed E-state index contributed by atoms with van der Waals surface area (Å²) in [6.07, 6.45) is 0. The fraction of sp³-hybridized carbons (Fsp3) is 0.471. The van der Waals surface area contributed by atoms with E-state index >= 15 is 0 Å². The van der Waals surface area contributed by atoms with Crippen molar-refractivity contribution in [2.45, 2.75) is 49.5 Å². The number of sulfonamides is 1. The van der Waals surface area contributed by atoms with Crippen LogP contribution in [0, 0.1) is 0 Å². The van der Waals surface area contributed by atoms with Crippen molar-refractivity contribution in [1.82, 2.24) is 19.2 Å². The highest BCUT2D eigenvalue weighted by Gasteiger charge is 2.24. The molecule has 3 N–H and O–H groups in total. The maximum atomic E-state index is 12.8. The molecule has 0 radical (unpaired) electrons. The Labute approximate surface area is 168 Å². The van der Waals surface area contributed by atoms with E-state index in [0.717, 1.165) is 5.52 Å². The van der Waals surface area contributed by atoms with Crippen molar-refractivity contribution in [3.05, 3.63) is 18.2 Å². The Kier molecular flexibility index (Phi) is 7.07. The van der Waals surface area contributed by atoms with Gasteiger partial charge in [0.25, 0.3) is 0 Å². The molecule has 0 aliphatic rings. The van der Waals surface area contributed by atoms with E-state index in [1.54, 1.807) is 39.0 Å². The SMILES string of the molecule is CCN(CC)S(=O)(=O)c1ccc2c(c1)nc(S[C@H](C)C(=O)NC(N)=O)n2CC. The molecule has 0 unspecified atom stereocenters. The average Bonchev–Trinajstić information content (AvgIpc) is 2.97. The minimum absolute atomic E-state index is 0.181. The molecule has 3 amide bonds.